The van der Waals surface area contributed by atoms with Crippen molar-refractivity contribution in [2.24, 2.45) is 0 Å². The van der Waals surface area contributed by atoms with Crippen molar-refractivity contribution >= 4 is 23.4 Å². The molecule has 5 nitrogen and oxygen atoms in total. The minimum atomic E-state index is -0.719. The van der Waals surface area contributed by atoms with Crippen molar-refractivity contribution < 1.29 is 14.6 Å². The highest BCUT2D eigenvalue weighted by atomic mass is 35.5. The van der Waals surface area contributed by atoms with E-state index in [1.807, 2.05) is 6.07 Å². The second-order valence-corrected chi connectivity index (χ2v) is 7.18. The van der Waals surface area contributed by atoms with Gasteiger partial charge in [0.25, 0.3) is 0 Å². The van der Waals surface area contributed by atoms with Crippen molar-refractivity contribution in [1.29, 1.82) is 0 Å². The van der Waals surface area contributed by atoms with Gasteiger partial charge in [-0.2, -0.15) is 0 Å². The van der Waals surface area contributed by atoms with Gasteiger partial charge in [0, 0.05) is 13.0 Å². The van der Waals surface area contributed by atoms with E-state index < -0.39 is 17.3 Å². The summed E-state index contributed by atoms with van der Waals surface area (Å²) in [5, 5.41) is 16.6. The van der Waals surface area contributed by atoms with Gasteiger partial charge in [-0.05, 0) is 51.4 Å². The Morgan fingerprint density at radius 1 is 1.50 bits per heavy atom. The molecule has 1 amide bonds. The number of hydrogen-bond donors (Lipinski definition) is 3. The zero-order valence-corrected chi connectivity index (χ0v) is 14.0. The largest absolute Gasteiger partial charge is 0.444 e. The molecule has 1 unspecified atom stereocenters. The van der Waals surface area contributed by atoms with Crippen molar-refractivity contribution in [2.75, 3.05) is 18.4 Å². The second kappa shape index (κ2) is 6.44. The van der Waals surface area contributed by atoms with Crippen LogP contribution in [0.4, 0.5) is 10.5 Å². The topological polar surface area (TPSA) is 70.6 Å². The van der Waals surface area contributed by atoms with E-state index in [1.54, 1.807) is 32.9 Å². The van der Waals surface area contributed by atoms with E-state index in [-0.39, 0.29) is 0 Å². The van der Waals surface area contributed by atoms with Crippen LogP contribution in [0.5, 0.6) is 0 Å². The van der Waals surface area contributed by atoms with Crippen LogP contribution in [0.1, 0.15) is 32.8 Å². The van der Waals surface area contributed by atoms with Crippen LogP contribution in [0, 0.1) is 0 Å². The molecule has 0 saturated carbocycles. The van der Waals surface area contributed by atoms with Crippen LogP contribution >= 0.6 is 11.6 Å². The molecule has 1 aliphatic rings. The molecular weight excluding hydrogens is 304 g/mol. The molecule has 1 aromatic rings. The highest BCUT2D eigenvalue weighted by Crippen LogP contribution is 2.27. The standard InChI is InChI=1S/C16H23ClN2O3/c1-15(2,3)22-14(20)19-13-5-4-11(8-12(13)17)9-16(21)6-7-18-10-16/h4-5,8,18,21H,6-7,9-10H2,1-3H3,(H,19,20). The first-order valence-corrected chi connectivity index (χ1v) is 7.76. The third-order valence-corrected chi connectivity index (χ3v) is 3.74. The van der Waals surface area contributed by atoms with E-state index in [0.717, 1.165) is 18.5 Å². The highest BCUT2D eigenvalue weighted by molar-refractivity contribution is 6.33. The number of nitrogens with one attached hydrogen (secondary N) is 2. The molecule has 122 valence electrons. The van der Waals surface area contributed by atoms with Crippen LogP contribution in [0.2, 0.25) is 5.02 Å². The summed E-state index contributed by atoms with van der Waals surface area (Å²) < 4.78 is 5.19. The van der Waals surface area contributed by atoms with Gasteiger partial charge in [0.1, 0.15) is 5.60 Å². The Balaban J connectivity index is 2.02. The van der Waals surface area contributed by atoms with E-state index in [4.69, 9.17) is 16.3 Å². The summed E-state index contributed by atoms with van der Waals surface area (Å²) >= 11 is 6.21. The summed E-state index contributed by atoms with van der Waals surface area (Å²) in [5.41, 5.74) is 0.153. The number of hydrogen-bond acceptors (Lipinski definition) is 4. The van der Waals surface area contributed by atoms with Crippen molar-refractivity contribution in [2.45, 2.75) is 44.8 Å². The highest BCUT2D eigenvalue weighted by Gasteiger charge is 2.31. The zero-order valence-electron chi connectivity index (χ0n) is 13.2. The molecule has 0 spiro atoms. The number of benzene rings is 1. The van der Waals surface area contributed by atoms with Gasteiger partial charge >= 0.3 is 6.09 Å². The van der Waals surface area contributed by atoms with E-state index >= 15 is 0 Å². The number of rotatable bonds is 3. The lowest BCUT2D eigenvalue weighted by Gasteiger charge is -2.22. The summed E-state index contributed by atoms with van der Waals surface area (Å²) in [5.74, 6) is 0. The zero-order chi connectivity index (χ0) is 16.4. The fourth-order valence-electron chi connectivity index (χ4n) is 2.44. The first kappa shape index (κ1) is 17.1. The van der Waals surface area contributed by atoms with Gasteiger partial charge in [-0.15, -0.1) is 0 Å². The molecule has 1 heterocycles. The molecule has 1 atom stereocenters. The number of aliphatic hydroxyl groups is 1. The molecule has 1 aliphatic heterocycles. The number of carbonyl (C=O) groups is 1. The molecular formula is C16H23ClN2O3. The minimum Gasteiger partial charge on any atom is -0.444 e. The summed E-state index contributed by atoms with van der Waals surface area (Å²) in [4.78, 5) is 11.8. The SMILES string of the molecule is CC(C)(C)OC(=O)Nc1ccc(CC2(O)CCNC2)cc1Cl. The third-order valence-electron chi connectivity index (χ3n) is 3.42. The number of amides is 1. The monoisotopic (exact) mass is 326 g/mol. The van der Waals surface area contributed by atoms with Crippen molar-refractivity contribution in [3.05, 3.63) is 28.8 Å². The molecule has 6 heteroatoms. The van der Waals surface area contributed by atoms with E-state index in [1.165, 1.54) is 0 Å². The van der Waals surface area contributed by atoms with Crippen molar-refractivity contribution in [3.63, 3.8) is 0 Å². The fraction of sp³-hybridized carbons (Fsp3) is 0.562. The van der Waals surface area contributed by atoms with Gasteiger partial charge in [0.15, 0.2) is 0 Å². The lowest BCUT2D eigenvalue weighted by atomic mass is 9.94. The fourth-order valence-corrected chi connectivity index (χ4v) is 2.70. The Kier molecular flexibility index (Phi) is 5.00. The quantitative estimate of drug-likeness (QED) is 0.798. The summed E-state index contributed by atoms with van der Waals surface area (Å²) in [6.07, 6.45) is 0.718. The van der Waals surface area contributed by atoms with Crippen LogP contribution in [0.15, 0.2) is 18.2 Å². The third kappa shape index (κ3) is 4.87. The van der Waals surface area contributed by atoms with Gasteiger partial charge in [0.05, 0.1) is 16.3 Å². The van der Waals surface area contributed by atoms with Crippen LogP contribution in [-0.2, 0) is 11.2 Å². The van der Waals surface area contributed by atoms with Crippen LogP contribution in [0.3, 0.4) is 0 Å². The van der Waals surface area contributed by atoms with Gasteiger partial charge < -0.3 is 15.2 Å². The number of anilines is 1. The van der Waals surface area contributed by atoms with Gasteiger partial charge in [-0.3, -0.25) is 5.32 Å². The predicted octanol–water partition coefficient (Wildman–Crippen LogP) is 2.95. The number of ether oxygens (including phenoxy) is 1. The Bertz CT molecular complexity index is 549. The van der Waals surface area contributed by atoms with Crippen LogP contribution < -0.4 is 10.6 Å². The maximum atomic E-state index is 11.8. The average molecular weight is 327 g/mol. The smallest absolute Gasteiger partial charge is 0.412 e. The Morgan fingerprint density at radius 3 is 2.77 bits per heavy atom. The Labute approximate surface area is 136 Å². The normalized spacial score (nSPS) is 21.7. The van der Waals surface area contributed by atoms with Crippen molar-refractivity contribution in [1.82, 2.24) is 5.32 Å². The molecule has 3 N–H and O–H groups in total. The molecule has 0 radical (unpaired) electrons. The van der Waals surface area contributed by atoms with E-state index in [2.05, 4.69) is 10.6 Å². The molecule has 0 aromatic heterocycles. The van der Waals surface area contributed by atoms with Crippen molar-refractivity contribution in [3.8, 4) is 0 Å². The van der Waals surface area contributed by atoms with Gasteiger partial charge in [0.2, 0.25) is 0 Å². The van der Waals surface area contributed by atoms with Gasteiger partial charge in [-0.1, -0.05) is 17.7 Å². The molecule has 2 rings (SSSR count). The molecule has 0 bridgehead atoms. The lowest BCUT2D eigenvalue weighted by Crippen LogP contribution is -2.33. The minimum absolute atomic E-state index is 0.429. The number of carbonyl (C=O) groups excluding carboxylic acids is 1. The number of β-amino-alcohol motifs (C(OH)–C–C–N with tert-alkyl or cyclic N) is 1. The summed E-state index contributed by atoms with van der Waals surface area (Å²) in [6, 6.07) is 5.35. The Hall–Kier alpha value is -1.30. The molecule has 1 aromatic carbocycles. The molecule has 0 aliphatic carbocycles. The van der Waals surface area contributed by atoms with Crippen LogP contribution in [0.25, 0.3) is 0 Å². The lowest BCUT2D eigenvalue weighted by molar-refractivity contribution is 0.0614. The summed E-state index contributed by atoms with van der Waals surface area (Å²) in [7, 11) is 0. The van der Waals surface area contributed by atoms with Crippen LogP contribution in [-0.4, -0.2) is 35.5 Å². The summed E-state index contributed by atoms with van der Waals surface area (Å²) in [6.45, 7) is 6.81. The Morgan fingerprint density at radius 2 is 2.23 bits per heavy atom. The average Bonchev–Trinajstić information content (AvgIpc) is 2.77. The van der Waals surface area contributed by atoms with E-state index in [9.17, 15) is 9.90 Å². The first-order chi connectivity index (χ1) is 10.2. The van der Waals surface area contributed by atoms with Gasteiger partial charge in [-0.25, -0.2) is 4.79 Å². The molecule has 22 heavy (non-hydrogen) atoms. The molecule has 1 fully saturated rings. The maximum Gasteiger partial charge on any atom is 0.412 e. The van der Waals surface area contributed by atoms with E-state index in [0.29, 0.717) is 23.7 Å². The second-order valence-electron chi connectivity index (χ2n) is 6.77. The molecule has 1 saturated heterocycles. The first-order valence-electron chi connectivity index (χ1n) is 7.38. The number of halogens is 1. The maximum absolute atomic E-state index is 11.8. The predicted molar refractivity (Wildman–Crippen MR) is 87.4 cm³/mol.